The Labute approximate surface area is 137 Å². The van der Waals surface area contributed by atoms with E-state index in [1.807, 2.05) is 55.5 Å². The van der Waals surface area contributed by atoms with E-state index in [1.165, 1.54) is 0 Å². The third kappa shape index (κ3) is 7.06. The summed E-state index contributed by atoms with van der Waals surface area (Å²) in [6.07, 6.45) is 1.89. The van der Waals surface area contributed by atoms with Crippen LogP contribution in [0.3, 0.4) is 0 Å². The summed E-state index contributed by atoms with van der Waals surface area (Å²) >= 11 is 0. The number of aromatic nitrogens is 1. The van der Waals surface area contributed by atoms with Gasteiger partial charge in [-0.3, -0.25) is 9.78 Å². The lowest BCUT2D eigenvalue weighted by atomic mass is 10.2. The van der Waals surface area contributed by atoms with Gasteiger partial charge in [-0.15, -0.1) is 0 Å². The van der Waals surface area contributed by atoms with Crippen LogP contribution in [0.4, 0.5) is 0 Å². The van der Waals surface area contributed by atoms with Crippen molar-refractivity contribution >= 4 is 5.97 Å². The quantitative estimate of drug-likeness (QED) is 0.525. The Bertz CT molecular complexity index is 599. The number of pyridine rings is 1. The monoisotopic (exact) mass is 313 g/mol. The SMILES string of the molecule is Cc1cccc(CCCOC(=O)CCOCc2ccccc2)n1. The second-order valence-corrected chi connectivity index (χ2v) is 5.38. The van der Waals surface area contributed by atoms with Crippen LogP contribution in [0.2, 0.25) is 0 Å². The van der Waals surface area contributed by atoms with Crippen LogP contribution in [0, 0.1) is 6.92 Å². The van der Waals surface area contributed by atoms with Gasteiger partial charge in [0.2, 0.25) is 0 Å². The lowest BCUT2D eigenvalue weighted by molar-refractivity contribution is -0.145. The predicted molar refractivity (Wildman–Crippen MR) is 89.0 cm³/mol. The number of aryl methyl sites for hydroxylation is 2. The summed E-state index contributed by atoms with van der Waals surface area (Å²) < 4.78 is 10.7. The molecule has 0 aliphatic rings. The van der Waals surface area contributed by atoms with Gasteiger partial charge in [-0.25, -0.2) is 0 Å². The summed E-state index contributed by atoms with van der Waals surface area (Å²) in [7, 11) is 0. The lowest BCUT2D eigenvalue weighted by Crippen LogP contribution is -2.10. The highest BCUT2D eigenvalue weighted by atomic mass is 16.5. The zero-order valence-corrected chi connectivity index (χ0v) is 13.5. The molecular weight excluding hydrogens is 290 g/mol. The molecule has 0 spiro atoms. The molecule has 0 saturated carbocycles. The smallest absolute Gasteiger partial charge is 0.308 e. The van der Waals surface area contributed by atoms with Crippen LogP contribution < -0.4 is 0 Å². The second kappa shape index (κ2) is 9.74. The number of carbonyl (C=O) groups excluding carboxylic acids is 1. The lowest BCUT2D eigenvalue weighted by Gasteiger charge is -2.06. The summed E-state index contributed by atoms with van der Waals surface area (Å²) in [6.45, 7) is 3.30. The number of rotatable bonds is 9. The van der Waals surface area contributed by atoms with Crippen molar-refractivity contribution in [1.82, 2.24) is 4.98 Å². The second-order valence-electron chi connectivity index (χ2n) is 5.38. The van der Waals surface area contributed by atoms with Gasteiger partial charge >= 0.3 is 5.97 Å². The minimum absolute atomic E-state index is 0.213. The first-order valence-corrected chi connectivity index (χ1v) is 7.94. The first kappa shape index (κ1) is 17.2. The third-order valence-corrected chi connectivity index (χ3v) is 3.35. The van der Waals surface area contributed by atoms with E-state index in [2.05, 4.69) is 4.98 Å². The summed E-state index contributed by atoms with van der Waals surface area (Å²) in [5, 5.41) is 0. The molecule has 0 aliphatic heterocycles. The van der Waals surface area contributed by atoms with Crippen molar-refractivity contribution < 1.29 is 14.3 Å². The number of esters is 1. The van der Waals surface area contributed by atoms with Crippen LogP contribution in [0.1, 0.15) is 29.8 Å². The fraction of sp³-hybridized carbons (Fsp3) is 0.368. The number of nitrogens with zero attached hydrogens (tertiary/aromatic N) is 1. The summed E-state index contributed by atoms with van der Waals surface area (Å²) in [6, 6.07) is 15.9. The van der Waals surface area contributed by atoms with Crippen molar-refractivity contribution in [2.24, 2.45) is 0 Å². The van der Waals surface area contributed by atoms with E-state index < -0.39 is 0 Å². The Morgan fingerprint density at radius 3 is 2.65 bits per heavy atom. The highest BCUT2D eigenvalue weighted by Gasteiger charge is 2.03. The van der Waals surface area contributed by atoms with Crippen molar-refractivity contribution in [3.63, 3.8) is 0 Å². The number of benzene rings is 1. The van der Waals surface area contributed by atoms with E-state index in [0.29, 0.717) is 19.8 Å². The molecule has 23 heavy (non-hydrogen) atoms. The van der Waals surface area contributed by atoms with Crippen molar-refractivity contribution in [2.45, 2.75) is 32.8 Å². The first-order chi connectivity index (χ1) is 11.2. The van der Waals surface area contributed by atoms with Gasteiger partial charge in [0, 0.05) is 11.4 Å². The van der Waals surface area contributed by atoms with Gasteiger partial charge in [0.25, 0.3) is 0 Å². The molecule has 1 heterocycles. The van der Waals surface area contributed by atoms with Gasteiger partial charge in [-0.05, 0) is 37.5 Å². The molecule has 0 saturated heterocycles. The Morgan fingerprint density at radius 2 is 1.87 bits per heavy atom. The number of hydrogen-bond acceptors (Lipinski definition) is 4. The molecule has 4 heteroatoms. The molecule has 1 aromatic heterocycles. The van der Waals surface area contributed by atoms with Crippen LogP contribution in [0.5, 0.6) is 0 Å². The van der Waals surface area contributed by atoms with Crippen molar-refractivity contribution in [3.05, 3.63) is 65.5 Å². The topological polar surface area (TPSA) is 48.4 Å². The maximum absolute atomic E-state index is 11.6. The summed E-state index contributed by atoms with van der Waals surface area (Å²) in [5.41, 5.74) is 3.15. The molecule has 0 atom stereocenters. The Balaban J connectivity index is 1.52. The Kier molecular flexibility index (Phi) is 7.27. The molecule has 1 aromatic carbocycles. The van der Waals surface area contributed by atoms with E-state index in [-0.39, 0.29) is 12.4 Å². The standard InChI is InChI=1S/C19H23NO3/c1-16-7-5-10-18(20-16)11-6-13-23-19(21)12-14-22-15-17-8-3-2-4-9-17/h2-5,7-10H,6,11-15H2,1H3. The zero-order valence-electron chi connectivity index (χ0n) is 13.5. The molecule has 2 aromatic rings. The van der Waals surface area contributed by atoms with Gasteiger partial charge in [-0.1, -0.05) is 36.4 Å². The highest BCUT2D eigenvalue weighted by molar-refractivity contribution is 5.69. The van der Waals surface area contributed by atoms with E-state index in [4.69, 9.17) is 9.47 Å². The number of ether oxygens (including phenoxy) is 2. The predicted octanol–water partition coefficient (Wildman–Crippen LogP) is 3.47. The maximum atomic E-state index is 11.6. The molecule has 0 unspecified atom stereocenters. The molecule has 0 bridgehead atoms. The molecule has 0 N–H and O–H groups in total. The summed E-state index contributed by atoms with van der Waals surface area (Å²) in [4.78, 5) is 16.0. The first-order valence-electron chi connectivity index (χ1n) is 7.94. The fourth-order valence-corrected chi connectivity index (χ4v) is 2.17. The molecule has 2 rings (SSSR count). The maximum Gasteiger partial charge on any atom is 0.308 e. The zero-order chi connectivity index (χ0) is 16.3. The third-order valence-electron chi connectivity index (χ3n) is 3.35. The fourth-order valence-electron chi connectivity index (χ4n) is 2.17. The van der Waals surface area contributed by atoms with Crippen LogP contribution in [0.15, 0.2) is 48.5 Å². The molecule has 0 fully saturated rings. The van der Waals surface area contributed by atoms with E-state index in [1.54, 1.807) is 0 Å². The normalized spacial score (nSPS) is 10.5. The molecule has 0 radical (unpaired) electrons. The van der Waals surface area contributed by atoms with E-state index >= 15 is 0 Å². The van der Waals surface area contributed by atoms with Crippen molar-refractivity contribution in [3.8, 4) is 0 Å². The van der Waals surface area contributed by atoms with Crippen LogP contribution >= 0.6 is 0 Å². The van der Waals surface area contributed by atoms with Gasteiger partial charge < -0.3 is 9.47 Å². The van der Waals surface area contributed by atoms with Gasteiger partial charge in [0.1, 0.15) is 0 Å². The van der Waals surface area contributed by atoms with Crippen LogP contribution in [-0.2, 0) is 27.3 Å². The average molecular weight is 313 g/mol. The molecule has 122 valence electrons. The van der Waals surface area contributed by atoms with E-state index in [9.17, 15) is 4.79 Å². The number of hydrogen-bond donors (Lipinski definition) is 0. The Hall–Kier alpha value is -2.20. The van der Waals surface area contributed by atoms with Gasteiger partial charge in [-0.2, -0.15) is 0 Å². The van der Waals surface area contributed by atoms with Gasteiger partial charge in [0.05, 0.1) is 26.2 Å². The molecule has 0 amide bonds. The van der Waals surface area contributed by atoms with Crippen molar-refractivity contribution in [2.75, 3.05) is 13.2 Å². The van der Waals surface area contributed by atoms with Crippen LogP contribution in [-0.4, -0.2) is 24.2 Å². The van der Waals surface area contributed by atoms with Crippen molar-refractivity contribution in [1.29, 1.82) is 0 Å². The summed E-state index contributed by atoms with van der Waals surface area (Å²) in [5.74, 6) is -0.213. The largest absolute Gasteiger partial charge is 0.466 e. The molecule has 4 nitrogen and oxygen atoms in total. The minimum atomic E-state index is -0.213. The number of carbonyl (C=O) groups is 1. The van der Waals surface area contributed by atoms with Gasteiger partial charge in [0.15, 0.2) is 0 Å². The minimum Gasteiger partial charge on any atom is -0.466 e. The average Bonchev–Trinajstić information content (AvgIpc) is 2.57. The molecular formula is C19H23NO3. The van der Waals surface area contributed by atoms with E-state index in [0.717, 1.165) is 29.8 Å². The van der Waals surface area contributed by atoms with Crippen LogP contribution in [0.25, 0.3) is 0 Å². The molecule has 0 aliphatic carbocycles. The Morgan fingerprint density at radius 1 is 1.04 bits per heavy atom. The highest BCUT2D eigenvalue weighted by Crippen LogP contribution is 2.03.